The van der Waals surface area contributed by atoms with Crippen molar-refractivity contribution in [2.75, 3.05) is 18.5 Å². The van der Waals surface area contributed by atoms with E-state index >= 15 is 0 Å². The van der Waals surface area contributed by atoms with Crippen LogP contribution in [0.2, 0.25) is 0 Å². The first kappa shape index (κ1) is 21.4. The van der Waals surface area contributed by atoms with Gasteiger partial charge in [0.15, 0.2) is 0 Å². The van der Waals surface area contributed by atoms with Gasteiger partial charge in [0.1, 0.15) is 5.92 Å². The van der Waals surface area contributed by atoms with Crippen LogP contribution in [0.1, 0.15) is 30.4 Å². The largest absolute Gasteiger partial charge is 0.461 e. The van der Waals surface area contributed by atoms with E-state index in [1.54, 1.807) is 54.6 Å². The van der Waals surface area contributed by atoms with Crippen molar-refractivity contribution in [3.8, 4) is 0 Å². The number of hydrogen-bond acceptors (Lipinski definition) is 7. The lowest BCUT2D eigenvalue weighted by molar-refractivity contribution is -0.582. The number of carbonyl (C=O) groups excluding carboxylic acids is 2. The molecule has 10 heteroatoms. The molecule has 1 heterocycles. The quantitative estimate of drug-likeness (QED) is 0.414. The summed E-state index contributed by atoms with van der Waals surface area (Å²) in [6, 6.07) is 15.0. The van der Waals surface area contributed by atoms with Gasteiger partial charge >= 0.3 is 11.5 Å². The maximum Gasteiger partial charge on any atom is 0.386 e. The second-order valence-corrected chi connectivity index (χ2v) is 8.03. The number of amides is 1. The number of esters is 1. The van der Waals surface area contributed by atoms with Crippen molar-refractivity contribution < 1.29 is 24.2 Å². The van der Waals surface area contributed by atoms with Crippen molar-refractivity contribution in [1.82, 2.24) is 0 Å². The number of hydrogen-bond donors (Lipinski definition) is 1. The predicted octanol–water partition coefficient (Wildman–Crippen LogP) is 2.54. The molecule has 0 bridgehead atoms. The van der Waals surface area contributed by atoms with E-state index < -0.39 is 51.1 Å². The lowest BCUT2D eigenvalue weighted by Crippen LogP contribution is -2.58. The minimum Gasteiger partial charge on any atom is -0.461 e. The Morgan fingerprint density at radius 3 is 2.41 bits per heavy atom. The highest BCUT2D eigenvalue weighted by Gasteiger charge is 2.80. The number of carbonyl (C=O) groups is 2. The smallest absolute Gasteiger partial charge is 0.386 e. The van der Waals surface area contributed by atoms with Crippen molar-refractivity contribution in [3.63, 3.8) is 0 Å². The van der Waals surface area contributed by atoms with Crippen LogP contribution in [0.4, 0.5) is 5.69 Å². The first-order valence-corrected chi connectivity index (χ1v) is 10.2. The summed E-state index contributed by atoms with van der Waals surface area (Å²) in [4.78, 5) is 49.6. The number of nitrogens with zero attached hydrogens (tertiary/aromatic N) is 2. The Hall–Kier alpha value is -3.82. The molecule has 0 radical (unpaired) electrons. The normalized spacial score (nSPS) is 28.2. The molecule has 1 aliphatic carbocycles. The zero-order chi connectivity index (χ0) is 23.1. The fourth-order valence-corrected chi connectivity index (χ4v) is 5.53. The second kappa shape index (κ2) is 7.70. The molecular weight excluding hydrogens is 418 g/mol. The van der Waals surface area contributed by atoms with Gasteiger partial charge in [-0.1, -0.05) is 48.5 Å². The summed E-state index contributed by atoms with van der Waals surface area (Å²) < 4.78 is 5.15. The van der Waals surface area contributed by atoms with Crippen LogP contribution >= 0.6 is 0 Å². The highest BCUT2D eigenvalue weighted by molar-refractivity contribution is 6.08. The van der Waals surface area contributed by atoms with Crippen LogP contribution in [0.25, 0.3) is 0 Å². The summed E-state index contributed by atoms with van der Waals surface area (Å²) in [5.74, 6) is -4.36. The van der Waals surface area contributed by atoms with E-state index in [9.17, 15) is 29.8 Å². The third-order valence-corrected chi connectivity index (χ3v) is 6.59. The van der Waals surface area contributed by atoms with Crippen LogP contribution in [0.5, 0.6) is 0 Å². The molecule has 10 nitrogen and oxygen atoms in total. The van der Waals surface area contributed by atoms with Crippen LogP contribution in [-0.4, -0.2) is 40.4 Å². The Morgan fingerprint density at radius 2 is 1.78 bits per heavy atom. The summed E-state index contributed by atoms with van der Waals surface area (Å²) in [5, 5.41) is 27.0. The fourth-order valence-electron chi connectivity index (χ4n) is 5.53. The SMILES string of the molecule is CCOC(=O)[C@]1([N+](=O)[O-])[C@@H](C[N+](=O)[O-])C[C@@]2(C(=O)Nc3ccccc32)[C@@H]1c1ccccc1. The topological polar surface area (TPSA) is 142 Å². The van der Waals surface area contributed by atoms with E-state index in [1.807, 2.05) is 0 Å². The van der Waals surface area contributed by atoms with Crippen molar-refractivity contribution in [3.05, 3.63) is 86.0 Å². The van der Waals surface area contributed by atoms with Crippen LogP contribution in [0.3, 0.4) is 0 Å². The highest BCUT2D eigenvalue weighted by atomic mass is 16.6. The van der Waals surface area contributed by atoms with Gasteiger partial charge in [0.25, 0.3) is 0 Å². The van der Waals surface area contributed by atoms with Crippen molar-refractivity contribution in [1.29, 1.82) is 0 Å². The van der Waals surface area contributed by atoms with Gasteiger partial charge in [-0.2, -0.15) is 0 Å². The summed E-state index contributed by atoms with van der Waals surface area (Å²) in [5.41, 5.74) is -2.73. The molecule has 2 aromatic rings. The number of ether oxygens (including phenoxy) is 1. The first-order valence-electron chi connectivity index (χ1n) is 10.2. The summed E-state index contributed by atoms with van der Waals surface area (Å²) in [6.45, 7) is 0.519. The van der Waals surface area contributed by atoms with Crippen LogP contribution in [0, 0.1) is 26.1 Å². The van der Waals surface area contributed by atoms with Gasteiger partial charge in [-0.25, -0.2) is 4.79 Å². The Labute approximate surface area is 182 Å². The van der Waals surface area contributed by atoms with E-state index in [1.165, 1.54) is 6.92 Å². The number of para-hydroxylation sites is 1. The van der Waals surface area contributed by atoms with Crippen molar-refractivity contribution in [2.45, 2.75) is 30.2 Å². The number of fused-ring (bicyclic) bond motifs is 2. The minimum atomic E-state index is -2.51. The summed E-state index contributed by atoms with van der Waals surface area (Å²) in [6.07, 6.45) is -0.240. The molecule has 1 fully saturated rings. The molecule has 1 saturated carbocycles. The molecule has 4 atom stereocenters. The zero-order valence-electron chi connectivity index (χ0n) is 17.2. The van der Waals surface area contributed by atoms with E-state index in [0.717, 1.165) is 0 Å². The van der Waals surface area contributed by atoms with Gasteiger partial charge in [0, 0.05) is 15.5 Å². The number of nitro groups is 2. The predicted molar refractivity (Wildman–Crippen MR) is 112 cm³/mol. The van der Waals surface area contributed by atoms with Gasteiger partial charge in [-0.15, -0.1) is 0 Å². The monoisotopic (exact) mass is 439 g/mol. The molecule has 2 aromatic carbocycles. The van der Waals surface area contributed by atoms with Gasteiger partial charge in [-0.3, -0.25) is 25.0 Å². The van der Waals surface area contributed by atoms with Crippen LogP contribution < -0.4 is 5.32 Å². The average Bonchev–Trinajstić information content (AvgIpc) is 3.21. The summed E-state index contributed by atoms with van der Waals surface area (Å²) >= 11 is 0. The minimum absolute atomic E-state index is 0.142. The van der Waals surface area contributed by atoms with Gasteiger partial charge in [0.05, 0.1) is 17.9 Å². The Morgan fingerprint density at radius 1 is 1.12 bits per heavy atom. The second-order valence-electron chi connectivity index (χ2n) is 8.03. The zero-order valence-corrected chi connectivity index (χ0v) is 17.2. The van der Waals surface area contributed by atoms with Crippen molar-refractivity contribution in [2.24, 2.45) is 5.92 Å². The van der Waals surface area contributed by atoms with Crippen molar-refractivity contribution >= 4 is 17.6 Å². The van der Waals surface area contributed by atoms with Gasteiger partial charge < -0.3 is 10.1 Å². The number of nitrogens with one attached hydrogen (secondary N) is 1. The molecule has 1 spiro atoms. The van der Waals surface area contributed by atoms with E-state index in [2.05, 4.69) is 5.32 Å². The van der Waals surface area contributed by atoms with Crippen LogP contribution in [-0.2, 0) is 19.7 Å². The van der Waals surface area contributed by atoms with Gasteiger partial charge in [-0.05, 0) is 30.5 Å². The molecule has 1 aliphatic heterocycles. The molecule has 0 aromatic heterocycles. The third-order valence-electron chi connectivity index (χ3n) is 6.59. The molecule has 0 saturated heterocycles. The lowest BCUT2D eigenvalue weighted by Gasteiger charge is -2.34. The summed E-state index contributed by atoms with van der Waals surface area (Å²) in [7, 11) is 0. The molecule has 166 valence electrons. The number of benzene rings is 2. The third kappa shape index (κ3) is 2.79. The molecule has 1 N–H and O–H groups in total. The maximum atomic E-state index is 13.5. The Kier molecular flexibility index (Phi) is 5.15. The lowest BCUT2D eigenvalue weighted by atomic mass is 9.66. The Bertz CT molecular complexity index is 1110. The van der Waals surface area contributed by atoms with Gasteiger partial charge in [0.2, 0.25) is 12.5 Å². The van der Waals surface area contributed by atoms with E-state index in [-0.39, 0.29) is 13.0 Å². The molecule has 0 unspecified atom stereocenters. The standard InChI is InChI=1S/C22H21N3O7/c1-2-32-20(27)22(25(30)31)15(13-24(28)29)12-21(18(22)14-8-4-3-5-9-14)16-10-6-7-11-17(16)23-19(21)26/h3-11,15,18H,2,12-13H2,1H3,(H,23,26)/t15-,18+,21+,22+/m1/s1. The average molecular weight is 439 g/mol. The van der Waals surface area contributed by atoms with E-state index in [0.29, 0.717) is 16.8 Å². The molecule has 1 amide bonds. The van der Waals surface area contributed by atoms with E-state index in [4.69, 9.17) is 4.74 Å². The highest BCUT2D eigenvalue weighted by Crippen LogP contribution is 2.63. The fraction of sp³-hybridized carbons (Fsp3) is 0.364. The molecule has 4 rings (SSSR count). The molecule has 32 heavy (non-hydrogen) atoms. The number of anilines is 1. The Balaban J connectivity index is 2.09. The number of rotatable bonds is 6. The maximum absolute atomic E-state index is 13.5. The molecule has 2 aliphatic rings. The van der Waals surface area contributed by atoms with Crippen LogP contribution in [0.15, 0.2) is 54.6 Å². The molecular formula is C22H21N3O7. The first-order chi connectivity index (χ1) is 15.3.